The predicted octanol–water partition coefficient (Wildman–Crippen LogP) is 1.68. The quantitative estimate of drug-likeness (QED) is 0.625. The first kappa shape index (κ1) is 12.9. The predicted molar refractivity (Wildman–Crippen MR) is 62.1 cm³/mol. The minimum Gasteiger partial charge on any atom is -0.381 e. The summed E-state index contributed by atoms with van der Waals surface area (Å²) in [5, 5.41) is 3.46. The number of hydrogen-bond donors (Lipinski definition) is 1. The Labute approximate surface area is 93.5 Å². The molecule has 1 atom stereocenters. The van der Waals surface area contributed by atoms with Gasteiger partial charge in [-0.15, -0.1) is 0 Å². The van der Waals surface area contributed by atoms with Crippen LogP contribution < -0.4 is 5.32 Å². The van der Waals surface area contributed by atoms with Gasteiger partial charge in [0.25, 0.3) is 0 Å². The minimum atomic E-state index is 0.647. The maximum atomic E-state index is 5.50. The van der Waals surface area contributed by atoms with E-state index in [1.807, 2.05) is 0 Å². The average molecular weight is 215 g/mol. The van der Waals surface area contributed by atoms with Crippen molar-refractivity contribution in [2.75, 3.05) is 39.5 Å². The lowest BCUT2D eigenvalue weighted by Crippen LogP contribution is -2.24. The Bertz CT molecular complexity index is 145. The smallest absolute Gasteiger partial charge is 0.0507 e. The minimum absolute atomic E-state index is 0.647. The molecule has 3 nitrogen and oxygen atoms in total. The first-order valence-electron chi connectivity index (χ1n) is 6.15. The van der Waals surface area contributed by atoms with Crippen LogP contribution in [0.2, 0.25) is 0 Å². The number of rotatable bonds is 8. The third-order valence-corrected chi connectivity index (χ3v) is 2.55. The molecule has 1 aliphatic rings. The van der Waals surface area contributed by atoms with Crippen molar-refractivity contribution < 1.29 is 9.47 Å². The molecule has 0 saturated carbocycles. The van der Waals surface area contributed by atoms with E-state index in [2.05, 4.69) is 19.2 Å². The summed E-state index contributed by atoms with van der Waals surface area (Å²) in [4.78, 5) is 0. The highest BCUT2D eigenvalue weighted by molar-refractivity contribution is 4.66. The van der Waals surface area contributed by atoms with Gasteiger partial charge in [0.1, 0.15) is 0 Å². The number of ether oxygens (including phenoxy) is 2. The average Bonchev–Trinajstić information content (AvgIpc) is 2.68. The molecule has 1 fully saturated rings. The molecule has 0 radical (unpaired) electrons. The largest absolute Gasteiger partial charge is 0.381 e. The topological polar surface area (TPSA) is 30.5 Å². The van der Waals surface area contributed by atoms with Crippen LogP contribution >= 0.6 is 0 Å². The Balaban J connectivity index is 1.76. The van der Waals surface area contributed by atoms with E-state index < -0.39 is 0 Å². The van der Waals surface area contributed by atoms with Crippen molar-refractivity contribution >= 4 is 0 Å². The SMILES string of the molecule is CC(C)COCCCNCC1CCOC1. The Hall–Kier alpha value is -0.120. The normalized spacial score (nSPS) is 21.4. The third kappa shape index (κ3) is 6.88. The van der Waals surface area contributed by atoms with Crippen LogP contribution in [0.4, 0.5) is 0 Å². The van der Waals surface area contributed by atoms with Crippen LogP contribution in [-0.4, -0.2) is 39.5 Å². The van der Waals surface area contributed by atoms with E-state index in [4.69, 9.17) is 9.47 Å². The molecule has 1 N–H and O–H groups in total. The molecular formula is C12H25NO2. The Kier molecular flexibility index (Phi) is 6.98. The molecule has 3 heteroatoms. The van der Waals surface area contributed by atoms with Gasteiger partial charge in [0.05, 0.1) is 6.61 Å². The molecule has 90 valence electrons. The third-order valence-electron chi connectivity index (χ3n) is 2.55. The van der Waals surface area contributed by atoms with Crippen LogP contribution in [0, 0.1) is 11.8 Å². The lowest BCUT2D eigenvalue weighted by molar-refractivity contribution is 0.107. The van der Waals surface area contributed by atoms with Gasteiger partial charge < -0.3 is 14.8 Å². The van der Waals surface area contributed by atoms with Crippen molar-refractivity contribution in [3.05, 3.63) is 0 Å². The molecule has 0 bridgehead atoms. The Morgan fingerprint density at radius 1 is 1.47 bits per heavy atom. The molecule has 1 aliphatic heterocycles. The molecule has 15 heavy (non-hydrogen) atoms. The van der Waals surface area contributed by atoms with E-state index in [0.29, 0.717) is 5.92 Å². The fourth-order valence-electron chi connectivity index (χ4n) is 1.67. The summed E-state index contributed by atoms with van der Waals surface area (Å²) in [6, 6.07) is 0. The fraction of sp³-hybridized carbons (Fsp3) is 1.00. The van der Waals surface area contributed by atoms with Gasteiger partial charge in [-0.05, 0) is 31.2 Å². The standard InChI is InChI=1S/C12H25NO2/c1-11(2)9-14-6-3-5-13-8-12-4-7-15-10-12/h11-13H,3-10H2,1-2H3. The molecule has 0 aromatic carbocycles. The lowest BCUT2D eigenvalue weighted by atomic mass is 10.1. The van der Waals surface area contributed by atoms with Gasteiger partial charge in [0.15, 0.2) is 0 Å². The van der Waals surface area contributed by atoms with Crippen LogP contribution in [0.25, 0.3) is 0 Å². The zero-order valence-electron chi connectivity index (χ0n) is 10.1. The van der Waals surface area contributed by atoms with Crippen molar-refractivity contribution in [2.45, 2.75) is 26.7 Å². The molecule has 1 rings (SSSR count). The second kappa shape index (κ2) is 8.08. The molecule has 0 aromatic rings. The van der Waals surface area contributed by atoms with Crippen LogP contribution in [-0.2, 0) is 9.47 Å². The van der Waals surface area contributed by atoms with Gasteiger partial charge in [-0.1, -0.05) is 13.8 Å². The lowest BCUT2D eigenvalue weighted by Gasteiger charge is -2.10. The summed E-state index contributed by atoms with van der Waals surface area (Å²) in [5.41, 5.74) is 0. The second-order valence-electron chi connectivity index (χ2n) is 4.76. The van der Waals surface area contributed by atoms with Gasteiger partial charge in [-0.2, -0.15) is 0 Å². The van der Waals surface area contributed by atoms with E-state index in [9.17, 15) is 0 Å². The van der Waals surface area contributed by atoms with Crippen molar-refractivity contribution in [1.82, 2.24) is 5.32 Å². The monoisotopic (exact) mass is 215 g/mol. The highest BCUT2D eigenvalue weighted by Crippen LogP contribution is 2.10. The van der Waals surface area contributed by atoms with E-state index >= 15 is 0 Å². The molecule has 0 aromatic heterocycles. The molecule has 1 saturated heterocycles. The highest BCUT2D eigenvalue weighted by atomic mass is 16.5. The van der Waals surface area contributed by atoms with Gasteiger partial charge in [-0.3, -0.25) is 0 Å². The van der Waals surface area contributed by atoms with Gasteiger partial charge in [-0.25, -0.2) is 0 Å². The molecule has 0 amide bonds. The van der Waals surface area contributed by atoms with Crippen molar-refractivity contribution in [1.29, 1.82) is 0 Å². The molecular weight excluding hydrogens is 190 g/mol. The van der Waals surface area contributed by atoms with Gasteiger partial charge in [0.2, 0.25) is 0 Å². The van der Waals surface area contributed by atoms with E-state index in [0.717, 1.165) is 51.9 Å². The Morgan fingerprint density at radius 3 is 3.00 bits per heavy atom. The van der Waals surface area contributed by atoms with Crippen LogP contribution in [0.3, 0.4) is 0 Å². The zero-order chi connectivity index (χ0) is 10.9. The van der Waals surface area contributed by atoms with Gasteiger partial charge in [0, 0.05) is 26.4 Å². The van der Waals surface area contributed by atoms with E-state index in [1.54, 1.807) is 0 Å². The summed E-state index contributed by atoms with van der Waals surface area (Å²) >= 11 is 0. The molecule has 1 heterocycles. The van der Waals surface area contributed by atoms with Crippen LogP contribution in [0.1, 0.15) is 26.7 Å². The molecule has 0 aliphatic carbocycles. The maximum absolute atomic E-state index is 5.50. The molecule has 0 spiro atoms. The van der Waals surface area contributed by atoms with Crippen LogP contribution in [0.5, 0.6) is 0 Å². The summed E-state index contributed by atoms with van der Waals surface area (Å²) in [6.07, 6.45) is 2.33. The summed E-state index contributed by atoms with van der Waals surface area (Å²) in [7, 11) is 0. The Morgan fingerprint density at radius 2 is 2.33 bits per heavy atom. The summed E-state index contributed by atoms with van der Waals surface area (Å²) in [5.74, 6) is 1.38. The number of nitrogens with one attached hydrogen (secondary N) is 1. The fourth-order valence-corrected chi connectivity index (χ4v) is 1.67. The van der Waals surface area contributed by atoms with Crippen molar-refractivity contribution in [2.24, 2.45) is 11.8 Å². The maximum Gasteiger partial charge on any atom is 0.0507 e. The first-order valence-corrected chi connectivity index (χ1v) is 6.15. The number of hydrogen-bond acceptors (Lipinski definition) is 3. The molecule has 1 unspecified atom stereocenters. The van der Waals surface area contributed by atoms with E-state index in [-0.39, 0.29) is 0 Å². The zero-order valence-corrected chi connectivity index (χ0v) is 10.1. The second-order valence-corrected chi connectivity index (χ2v) is 4.76. The van der Waals surface area contributed by atoms with Crippen LogP contribution in [0.15, 0.2) is 0 Å². The summed E-state index contributed by atoms with van der Waals surface area (Å²) in [6.45, 7) is 10.2. The van der Waals surface area contributed by atoms with Gasteiger partial charge >= 0.3 is 0 Å². The van der Waals surface area contributed by atoms with Crippen molar-refractivity contribution in [3.8, 4) is 0 Å². The van der Waals surface area contributed by atoms with E-state index in [1.165, 1.54) is 6.42 Å². The highest BCUT2D eigenvalue weighted by Gasteiger charge is 2.14. The summed E-state index contributed by atoms with van der Waals surface area (Å²) < 4.78 is 10.8. The van der Waals surface area contributed by atoms with Crippen molar-refractivity contribution in [3.63, 3.8) is 0 Å². The first-order chi connectivity index (χ1) is 7.29.